The highest BCUT2D eigenvalue weighted by molar-refractivity contribution is 7.99. The first-order valence-electron chi connectivity index (χ1n) is 10.5. The average molecular weight is 453 g/mol. The van der Waals surface area contributed by atoms with Crippen LogP contribution in [0.5, 0.6) is 17.2 Å². The van der Waals surface area contributed by atoms with Crippen LogP contribution in [0.25, 0.3) is 0 Å². The third-order valence-corrected chi connectivity index (χ3v) is 6.62. The summed E-state index contributed by atoms with van der Waals surface area (Å²) in [5.41, 5.74) is 3.22. The normalized spacial score (nSPS) is 14.6. The fourth-order valence-corrected chi connectivity index (χ4v) is 4.97. The first-order chi connectivity index (χ1) is 15.7. The van der Waals surface area contributed by atoms with Gasteiger partial charge in [-0.2, -0.15) is 0 Å². The number of nitrogens with zero attached hydrogens (tertiary/aromatic N) is 4. The molecule has 2 heterocycles. The predicted octanol–water partition coefficient (Wildman–Crippen LogP) is 3.25. The lowest BCUT2D eigenvalue weighted by atomic mass is 10.1. The van der Waals surface area contributed by atoms with Gasteiger partial charge in [0.15, 0.2) is 5.82 Å². The summed E-state index contributed by atoms with van der Waals surface area (Å²) in [6, 6.07) is 11.4. The van der Waals surface area contributed by atoms with E-state index in [4.69, 9.17) is 14.2 Å². The number of hydrogen-bond acceptors (Lipinski definition) is 7. The van der Waals surface area contributed by atoms with Crippen molar-refractivity contribution < 1.29 is 19.0 Å². The van der Waals surface area contributed by atoms with E-state index < -0.39 is 0 Å². The monoisotopic (exact) mass is 452 g/mol. The third kappa shape index (κ3) is 3.88. The lowest BCUT2D eigenvalue weighted by Crippen LogP contribution is -2.45. The van der Waals surface area contributed by atoms with E-state index in [0.29, 0.717) is 34.6 Å². The number of methoxy groups -OCH3 is 2. The maximum atomic E-state index is 13.4. The van der Waals surface area contributed by atoms with E-state index in [0.717, 1.165) is 24.3 Å². The van der Waals surface area contributed by atoms with Gasteiger partial charge in [-0.15, -0.1) is 10.2 Å². The van der Waals surface area contributed by atoms with Crippen molar-refractivity contribution in [1.82, 2.24) is 14.9 Å². The molecule has 32 heavy (non-hydrogen) atoms. The zero-order valence-corrected chi connectivity index (χ0v) is 18.9. The van der Waals surface area contributed by atoms with Crippen LogP contribution in [0.2, 0.25) is 0 Å². The Bertz CT molecular complexity index is 1140. The lowest BCUT2D eigenvalue weighted by Gasteiger charge is -2.29. The van der Waals surface area contributed by atoms with Gasteiger partial charge >= 0.3 is 0 Å². The van der Waals surface area contributed by atoms with Crippen molar-refractivity contribution in [3.05, 3.63) is 58.9 Å². The molecule has 5 rings (SSSR count). The number of aromatic nitrogens is 3. The van der Waals surface area contributed by atoms with E-state index >= 15 is 0 Å². The highest BCUT2D eigenvalue weighted by Gasteiger charge is 2.29. The lowest BCUT2D eigenvalue weighted by molar-refractivity contribution is 0.0952. The Balaban J connectivity index is 1.40. The molecule has 2 aliphatic rings. The summed E-state index contributed by atoms with van der Waals surface area (Å²) in [6.07, 6.45) is 3.42. The molecule has 0 fully saturated rings. The maximum absolute atomic E-state index is 13.4. The molecule has 0 bridgehead atoms. The number of fused-ring (bicyclic) bond motifs is 2. The van der Waals surface area contributed by atoms with Crippen LogP contribution in [-0.2, 0) is 19.4 Å². The van der Waals surface area contributed by atoms with Crippen LogP contribution in [0.1, 0.15) is 33.7 Å². The SMILES string of the molecule is COc1cc(OC)cc(C(=O)N2CCSc3nnc(COc4ccc5c(c4)CCC5)n32)c1. The summed E-state index contributed by atoms with van der Waals surface area (Å²) in [6.45, 7) is 0.747. The molecule has 0 unspecified atom stereocenters. The molecule has 8 nitrogen and oxygen atoms in total. The third-order valence-electron chi connectivity index (χ3n) is 5.72. The van der Waals surface area contributed by atoms with Gasteiger partial charge in [-0.25, -0.2) is 9.69 Å². The second kappa shape index (κ2) is 8.74. The van der Waals surface area contributed by atoms with Gasteiger partial charge in [-0.05, 0) is 54.7 Å². The van der Waals surface area contributed by atoms with Gasteiger partial charge < -0.3 is 14.2 Å². The minimum Gasteiger partial charge on any atom is -0.497 e. The van der Waals surface area contributed by atoms with Gasteiger partial charge in [0.05, 0.1) is 20.8 Å². The maximum Gasteiger partial charge on any atom is 0.273 e. The second-order valence-corrected chi connectivity index (χ2v) is 8.72. The Kier molecular flexibility index (Phi) is 5.65. The minimum absolute atomic E-state index is 0.178. The van der Waals surface area contributed by atoms with Gasteiger partial charge in [0.25, 0.3) is 5.91 Å². The van der Waals surface area contributed by atoms with E-state index in [2.05, 4.69) is 22.3 Å². The number of thioether (sulfide) groups is 1. The fourth-order valence-electron chi connectivity index (χ4n) is 4.10. The quantitative estimate of drug-likeness (QED) is 0.568. The minimum atomic E-state index is -0.178. The molecule has 0 atom stereocenters. The van der Waals surface area contributed by atoms with Crippen LogP contribution >= 0.6 is 11.8 Å². The molecule has 9 heteroatoms. The Hall–Kier alpha value is -3.20. The Morgan fingerprint density at radius 3 is 2.56 bits per heavy atom. The second-order valence-electron chi connectivity index (χ2n) is 7.66. The smallest absolute Gasteiger partial charge is 0.273 e. The number of amides is 1. The van der Waals surface area contributed by atoms with Crippen molar-refractivity contribution in [1.29, 1.82) is 0 Å². The average Bonchev–Trinajstić information content (AvgIpc) is 3.48. The molecule has 0 saturated carbocycles. The fraction of sp³-hybridized carbons (Fsp3) is 0.348. The zero-order chi connectivity index (χ0) is 22.1. The number of ether oxygens (including phenoxy) is 3. The number of carbonyl (C=O) groups excluding carboxylic acids is 1. The summed E-state index contributed by atoms with van der Waals surface area (Å²) in [4.78, 5) is 13.4. The van der Waals surface area contributed by atoms with Crippen molar-refractivity contribution in [3.63, 3.8) is 0 Å². The summed E-state index contributed by atoms with van der Waals surface area (Å²) in [5, 5.41) is 10.9. The first-order valence-corrected chi connectivity index (χ1v) is 11.5. The molecule has 0 spiro atoms. The Morgan fingerprint density at radius 2 is 1.78 bits per heavy atom. The summed E-state index contributed by atoms with van der Waals surface area (Å²) < 4.78 is 18.4. The number of rotatable bonds is 6. The van der Waals surface area contributed by atoms with Crippen molar-refractivity contribution in [2.24, 2.45) is 0 Å². The molecule has 3 aromatic rings. The van der Waals surface area contributed by atoms with Crippen molar-refractivity contribution in [2.75, 3.05) is 31.5 Å². The highest BCUT2D eigenvalue weighted by Crippen LogP contribution is 2.29. The largest absolute Gasteiger partial charge is 0.497 e. The molecule has 0 N–H and O–H groups in total. The van der Waals surface area contributed by atoms with E-state index in [9.17, 15) is 4.79 Å². The first kappa shape index (κ1) is 20.7. The van der Waals surface area contributed by atoms with Gasteiger partial charge in [0.2, 0.25) is 5.16 Å². The summed E-state index contributed by atoms with van der Waals surface area (Å²) in [7, 11) is 3.12. The molecule has 1 amide bonds. The molecular weight excluding hydrogens is 428 g/mol. The predicted molar refractivity (Wildman–Crippen MR) is 121 cm³/mol. The number of carbonyl (C=O) groups is 1. The highest BCUT2D eigenvalue weighted by atomic mass is 32.2. The molecular formula is C23H24N4O4S. The summed E-state index contributed by atoms with van der Waals surface area (Å²) >= 11 is 1.57. The van der Waals surface area contributed by atoms with E-state index in [-0.39, 0.29) is 12.5 Å². The van der Waals surface area contributed by atoms with Crippen LogP contribution in [0.3, 0.4) is 0 Å². The molecule has 1 aromatic heterocycles. The van der Waals surface area contributed by atoms with E-state index in [1.165, 1.54) is 17.5 Å². The van der Waals surface area contributed by atoms with Gasteiger partial charge in [-0.1, -0.05) is 17.8 Å². The van der Waals surface area contributed by atoms with Gasteiger partial charge in [0.1, 0.15) is 23.9 Å². The van der Waals surface area contributed by atoms with Crippen LogP contribution in [0.4, 0.5) is 0 Å². The van der Waals surface area contributed by atoms with Crippen molar-refractivity contribution >= 4 is 17.7 Å². The van der Waals surface area contributed by atoms with Crippen molar-refractivity contribution in [2.45, 2.75) is 31.0 Å². The molecule has 166 valence electrons. The van der Waals surface area contributed by atoms with Gasteiger partial charge in [0, 0.05) is 17.4 Å². The molecule has 1 aliphatic heterocycles. The Morgan fingerprint density at radius 1 is 1.00 bits per heavy atom. The topological polar surface area (TPSA) is 78.7 Å². The number of aryl methyl sites for hydroxylation is 2. The molecule has 0 saturated heterocycles. The van der Waals surface area contributed by atoms with Gasteiger partial charge in [-0.3, -0.25) is 4.79 Å². The van der Waals surface area contributed by atoms with Crippen LogP contribution < -0.4 is 19.2 Å². The molecule has 0 radical (unpaired) electrons. The van der Waals surface area contributed by atoms with E-state index in [1.807, 2.05) is 6.07 Å². The number of benzene rings is 2. The van der Waals surface area contributed by atoms with Crippen molar-refractivity contribution in [3.8, 4) is 17.2 Å². The molecule has 2 aromatic carbocycles. The summed E-state index contributed by atoms with van der Waals surface area (Å²) in [5.74, 6) is 3.06. The number of hydrogen-bond donors (Lipinski definition) is 0. The van der Waals surface area contributed by atoms with E-state index in [1.54, 1.807) is 53.9 Å². The Labute approximate surface area is 190 Å². The molecule has 1 aliphatic carbocycles. The standard InChI is InChI=1S/C23H24N4O4S/c1-29-19-11-17(12-20(13-19)30-2)22(28)26-8-9-32-23-25-24-21(27(23)26)14-31-18-7-6-15-4-3-5-16(15)10-18/h6-7,10-13H,3-5,8-9,14H2,1-2H3. The zero-order valence-electron chi connectivity index (χ0n) is 18.0. The van der Waals surface area contributed by atoms with Crippen LogP contribution in [0.15, 0.2) is 41.6 Å². The van der Waals surface area contributed by atoms with Crippen LogP contribution in [-0.4, -0.2) is 47.3 Å². The van der Waals surface area contributed by atoms with Crippen LogP contribution in [0, 0.1) is 0 Å².